The van der Waals surface area contributed by atoms with E-state index in [0.29, 0.717) is 16.1 Å². The van der Waals surface area contributed by atoms with Crippen molar-refractivity contribution in [1.82, 2.24) is 15.3 Å². The number of para-hydroxylation sites is 1. The molecule has 0 saturated carbocycles. The van der Waals surface area contributed by atoms with Crippen LogP contribution in [0.3, 0.4) is 0 Å². The summed E-state index contributed by atoms with van der Waals surface area (Å²) < 4.78 is 0. The van der Waals surface area contributed by atoms with E-state index >= 15 is 0 Å². The van der Waals surface area contributed by atoms with Crippen molar-refractivity contribution in [2.75, 3.05) is 12.0 Å². The number of fused-ring (bicyclic) bond motifs is 1. The van der Waals surface area contributed by atoms with Gasteiger partial charge in [-0.3, -0.25) is 19.9 Å². The second-order valence-electron chi connectivity index (χ2n) is 6.25. The second-order valence-corrected chi connectivity index (χ2v) is 7.50. The molecule has 1 aromatic heterocycles. The predicted octanol–water partition coefficient (Wildman–Crippen LogP) is 2.84. The summed E-state index contributed by atoms with van der Waals surface area (Å²) in [6.45, 7) is -0.0141. The molecule has 8 nitrogen and oxygen atoms in total. The average molecular weight is 452 g/mol. The van der Waals surface area contributed by atoms with E-state index in [1.807, 2.05) is 0 Å². The highest BCUT2D eigenvalue weighted by Gasteiger charge is 2.52. The van der Waals surface area contributed by atoms with E-state index in [0.717, 1.165) is 0 Å². The molecule has 0 spiro atoms. The van der Waals surface area contributed by atoms with Crippen molar-refractivity contribution in [3.8, 4) is 0 Å². The van der Waals surface area contributed by atoms with Crippen LogP contribution in [-0.4, -0.2) is 34.2 Å². The summed E-state index contributed by atoms with van der Waals surface area (Å²) in [5, 5.41) is 6.43. The third-order valence-corrected chi connectivity index (χ3v) is 5.39. The van der Waals surface area contributed by atoms with Crippen LogP contribution in [0.2, 0.25) is 15.1 Å². The first-order chi connectivity index (χ1) is 13.8. The molecule has 3 aromatic rings. The fraction of sp³-hybridized carbons (Fsp3) is 0.111. The molecular formula is C18H13Cl3N6O2. The third kappa shape index (κ3) is 3.24. The number of halogens is 3. The molecule has 0 radical (unpaired) electrons. The Morgan fingerprint density at radius 3 is 2.55 bits per heavy atom. The van der Waals surface area contributed by atoms with Crippen LogP contribution in [0.5, 0.6) is 0 Å². The van der Waals surface area contributed by atoms with Gasteiger partial charge in [-0.15, -0.1) is 0 Å². The fourth-order valence-corrected chi connectivity index (χ4v) is 3.81. The summed E-state index contributed by atoms with van der Waals surface area (Å²) in [6, 6.07) is 9.78. The van der Waals surface area contributed by atoms with Gasteiger partial charge in [0.2, 0.25) is 5.54 Å². The summed E-state index contributed by atoms with van der Waals surface area (Å²) in [6.07, 6.45) is 0. The predicted molar refractivity (Wildman–Crippen MR) is 113 cm³/mol. The molecule has 2 amide bonds. The first-order valence-corrected chi connectivity index (χ1v) is 9.47. The lowest BCUT2D eigenvalue weighted by Gasteiger charge is -2.25. The SMILES string of the molecule is NC(=O)C1(c2nc3ccc(Cl)cc3[nH]2)NCN=C1C(=O)Nc1c(Cl)cccc1Cl. The second kappa shape index (κ2) is 7.31. The number of aromatic nitrogens is 2. The number of hydrogen-bond acceptors (Lipinski definition) is 5. The van der Waals surface area contributed by atoms with E-state index in [2.05, 4.69) is 25.6 Å². The van der Waals surface area contributed by atoms with Crippen LogP contribution in [0.15, 0.2) is 41.4 Å². The Morgan fingerprint density at radius 1 is 1.14 bits per heavy atom. The van der Waals surface area contributed by atoms with Crippen LogP contribution >= 0.6 is 34.8 Å². The summed E-state index contributed by atoms with van der Waals surface area (Å²) in [4.78, 5) is 37.1. The van der Waals surface area contributed by atoms with Gasteiger partial charge >= 0.3 is 0 Å². The molecule has 5 N–H and O–H groups in total. The molecule has 0 aliphatic carbocycles. The summed E-state index contributed by atoms with van der Waals surface area (Å²) >= 11 is 18.3. The van der Waals surface area contributed by atoms with Gasteiger partial charge < -0.3 is 16.0 Å². The van der Waals surface area contributed by atoms with Crippen molar-refractivity contribution in [2.24, 2.45) is 10.7 Å². The molecule has 148 valence electrons. The smallest absolute Gasteiger partial charge is 0.272 e. The highest BCUT2D eigenvalue weighted by Crippen LogP contribution is 2.32. The zero-order valence-corrected chi connectivity index (χ0v) is 16.9. The topological polar surface area (TPSA) is 125 Å². The number of carbonyl (C=O) groups excluding carboxylic acids is 2. The number of benzene rings is 2. The Hall–Kier alpha value is -2.65. The number of amides is 2. The van der Waals surface area contributed by atoms with Gasteiger partial charge in [-0.25, -0.2) is 4.98 Å². The fourth-order valence-electron chi connectivity index (χ4n) is 3.15. The molecule has 29 heavy (non-hydrogen) atoms. The van der Waals surface area contributed by atoms with E-state index in [-0.39, 0.29) is 33.9 Å². The number of aliphatic imine (C=N–C) groups is 1. The van der Waals surface area contributed by atoms with E-state index in [4.69, 9.17) is 40.5 Å². The van der Waals surface area contributed by atoms with Gasteiger partial charge in [0.25, 0.3) is 11.8 Å². The van der Waals surface area contributed by atoms with Crippen molar-refractivity contribution in [2.45, 2.75) is 5.54 Å². The molecule has 1 atom stereocenters. The van der Waals surface area contributed by atoms with Gasteiger partial charge in [0.15, 0.2) is 0 Å². The molecule has 0 bridgehead atoms. The Kier molecular flexibility index (Phi) is 4.95. The van der Waals surface area contributed by atoms with Gasteiger partial charge in [0.1, 0.15) is 11.5 Å². The molecule has 11 heteroatoms. The van der Waals surface area contributed by atoms with Crippen molar-refractivity contribution in [3.63, 3.8) is 0 Å². The molecule has 2 aromatic carbocycles. The lowest BCUT2D eigenvalue weighted by Crippen LogP contribution is -2.58. The van der Waals surface area contributed by atoms with Crippen molar-refractivity contribution < 1.29 is 9.59 Å². The van der Waals surface area contributed by atoms with Crippen molar-refractivity contribution in [3.05, 3.63) is 57.3 Å². The van der Waals surface area contributed by atoms with Gasteiger partial charge in [0, 0.05) is 5.02 Å². The number of nitrogens with two attached hydrogens (primary N) is 1. The Labute approximate surface area is 179 Å². The van der Waals surface area contributed by atoms with Crippen LogP contribution in [0.25, 0.3) is 11.0 Å². The van der Waals surface area contributed by atoms with E-state index in [1.165, 1.54) is 0 Å². The number of nitrogens with zero attached hydrogens (tertiary/aromatic N) is 2. The standard InChI is InChI=1S/C18H13Cl3N6O2/c19-8-4-5-11-12(6-8)26-17(25-11)18(16(22)29)14(23-7-24-18)15(28)27-13-9(20)2-1-3-10(13)21/h1-6,24H,7H2,(H2,22,29)(H,25,26)(H,27,28). The highest BCUT2D eigenvalue weighted by molar-refractivity contribution is 6.51. The maximum Gasteiger partial charge on any atom is 0.272 e. The Balaban J connectivity index is 1.77. The normalized spacial score (nSPS) is 18.7. The number of imidazole rings is 1. The maximum absolute atomic E-state index is 13.0. The summed E-state index contributed by atoms with van der Waals surface area (Å²) in [5.74, 6) is -1.42. The van der Waals surface area contributed by atoms with E-state index in [9.17, 15) is 9.59 Å². The number of H-pyrrole nitrogens is 1. The number of nitrogens with one attached hydrogen (secondary N) is 3. The zero-order valence-electron chi connectivity index (χ0n) is 14.6. The lowest BCUT2D eigenvalue weighted by molar-refractivity contribution is -0.123. The van der Waals surface area contributed by atoms with Crippen LogP contribution in [0.4, 0.5) is 5.69 Å². The number of aromatic amines is 1. The molecule has 2 heterocycles. The first-order valence-electron chi connectivity index (χ1n) is 8.34. The number of carbonyl (C=O) groups is 2. The van der Waals surface area contributed by atoms with Crippen LogP contribution in [0.1, 0.15) is 5.82 Å². The van der Waals surface area contributed by atoms with Crippen LogP contribution in [0, 0.1) is 0 Å². The number of anilines is 1. The summed E-state index contributed by atoms with van der Waals surface area (Å²) in [5.41, 5.74) is 5.10. The molecule has 0 fully saturated rings. The zero-order chi connectivity index (χ0) is 20.8. The van der Waals surface area contributed by atoms with Crippen LogP contribution < -0.4 is 16.4 Å². The molecule has 1 unspecified atom stereocenters. The van der Waals surface area contributed by atoms with Crippen molar-refractivity contribution in [1.29, 1.82) is 0 Å². The van der Waals surface area contributed by atoms with Gasteiger partial charge in [-0.2, -0.15) is 0 Å². The van der Waals surface area contributed by atoms with Gasteiger partial charge in [-0.1, -0.05) is 40.9 Å². The largest absolute Gasteiger partial charge is 0.367 e. The highest BCUT2D eigenvalue weighted by atomic mass is 35.5. The summed E-state index contributed by atoms with van der Waals surface area (Å²) in [7, 11) is 0. The number of rotatable bonds is 4. The monoisotopic (exact) mass is 450 g/mol. The van der Waals surface area contributed by atoms with Crippen LogP contribution in [-0.2, 0) is 15.1 Å². The van der Waals surface area contributed by atoms with Gasteiger partial charge in [0.05, 0.1) is 33.4 Å². The number of hydrogen-bond donors (Lipinski definition) is 4. The molecule has 4 rings (SSSR count). The molecular weight excluding hydrogens is 439 g/mol. The molecule has 1 aliphatic rings. The lowest BCUT2D eigenvalue weighted by atomic mass is 9.91. The number of primary amides is 1. The Bertz CT molecular complexity index is 1170. The minimum Gasteiger partial charge on any atom is -0.367 e. The Morgan fingerprint density at radius 2 is 1.86 bits per heavy atom. The minimum absolute atomic E-state index is 0.0141. The molecule has 0 saturated heterocycles. The van der Waals surface area contributed by atoms with E-state index < -0.39 is 17.4 Å². The van der Waals surface area contributed by atoms with Crippen molar-refractivity contribution >= 4 is 69.0 Å². The third-order valence-electron chi connectivity index (χ3n) is 4.52. The minimum atomic E-state index is -1.76. The maximum atomic E-state index is 13.0. The van der Waals surface area contributed by atoms with E-state index in [1.54, 1.807) is 36.4 Å². The average Bonchev–Trinajstić information content (AvgIpc) is 3.29. The van der Waals surface area contributed by atoms with Gasteiger partial charge in [-0.05, 0) is 30.3 Å². The molecule has 1 aliphatic heterocycles. The first kappa shape index (κ1) is 19.7. The quantitative estimate of drug-likeness (QED) is 0.486.